The van der Waals surface area contributed by atoms with E-state index in [-0.39, 0.29) is 17.9 Å². The number of benzene rings is 2. The number of rotatable bonds is 6. The molecule has 1 N–H and O–H groups in total. The van der Waals surface area contributed by atoms with Gasteiger partial charge in [0, 0.05) is 18.0 Å². The number of aliphatic hydroxyl groups excluding tert-OH is 1. The molecule has 1 fully saturated rings. The highest BCUT2D eigenvalue weighted by Gasteiger charge is 2.46. The van der Waals surface area contributed by atoms with E-state index in [1.54, 1.807) is 62.0 Å². The lowest BCUT2D eigenvalue weighted by Gasteiger charge is -2.26. The van der Waals surface area contributed by atoms with Gasteiger partial charge in [0.25, 0.3) is 11.7 Å². The van der Waals surface area contributed by atoms with Crippen LogP contribution >= 0.6 is 0 Å². The predicted molar refractivity (Wildman–Crippen MR) is 118 cm³/mol. The van der Waals surface area contributed by atoms with E-state index in [4.69, 9.17) is 9.47 Å². The van der Waals surface area contributed by atoms with Crippen LogP contribution in [0, 0.1) is 0 Å². The molecule has 162 valence electrons. The molecule has 0 radical (unpaired) electrons. The average molecular weight is 430 g/mol. The van der Waals surface area contributed by atoms with Gasteiger partial charge in [0.05, 0.1) is 37.9 Å². The Balaban J connectivity index is 1.88. The van der Waals surface area contributed by atoms with Gasteiger partial charge in [-0.2, -0.15) is 0 Å². The number of nitrogens with zero attached hydrogens (tertiary/aromatic N) is 2. The summed E-state index contributed by atoms with van der Waals surface area (Å²) in [5.74, 6) is -0.744. The van der Waals surface area contributed by atoms with Crippen molar-refractivity contribution < 1.29 is 24.2 Å². The molecule has 2 heterocycles. The molecule has 7 heteroatoms. The van der Waals surface area contributed by atoms with Crippen LogP contribution in [-0.4, -0.2) is 40.9 Å². The Labute approximate surface area is 185 Å². The third kappa shape index (κ3) is 3.69. The number of Topliss-reactive ketones (excluding diaryl/α,β-unsaturated/α-hetero) is 1. The van der Waals surface area contributed by atoms with Crippen molar-refractivity contribution in [3.8, 4) is 11.5 Å². The SMILES string of the molecule is COc1ccccc1CN1C(=O)C(=O)/C(=C(\O)c2ccccc2OC)C1c1ccncc1. The van der Waals surface area contributed by atoms with E-state index >= 15 is 0 Å². The molecule has 1 saturated heterocycles. The van der Waals surface area contributed by atoms with Gasteiger partial charge in [-0.25, -0.2) is 0 Å². The maximum Gasteiger partial charge on any atom is 0.295 e. The third-order valence-electron chi connectivity index (χ3n) is 5.46. The minimum atomic E-state index is -0.798. The Morgan fingerprint density at radius 1 is 0.938 bits per heavy atom. The van der Waals surface area contributed by atoms with Crippen LogP contribution in [0.4, 0.5) is 0 Å². The molecular weight excluding hydrogens is 408 g/mol. The Kier molecular flexibility index (Phi) is 5.89. The van der Waals surface area contributed by atoms with Gasteiger partial charge in [0.2, 0.25) is 0 Å². The number of ketones is 1. The van der Waals surface area contributed by atoms with Crippen LogP contribution in [0.2, 0.25) is 0 Å². The highest BCUT2D eigenvalue weighted by atomic mass is 16.5. The normalized spacial score (nSPS) is 17.4. The third-order valence-corrected chi connectivity index (χ3v) is 5.46. The van der Waals surface area contributed by atoms with Crippen molar-refractivity contribution in [1.29, 1.82) is 0 Å². The van der Waals surface area contributed by atoms with Crippen molar-refractivity contribution in [3.05, 3.63) is 95.3 Å². The summed E-state index contributed by atoms with van der Waals surface area (Å²) >= 11 is 0. The van der Waals surface area contributed by atoms with Crippen LogP contribution in [-0.2, 0) is 16.1 Å². The van der Waals surface area contributed by atoms with Gasteiger partial charge >= 0.3 is 0 Å². The van der Waals surface area contributed by atoms with Crippen LogP contribution in [0.5, 0.6) is 11.5 Å². The summed E-state index contributed by atoms with van der Waals surface area (Å²) in [5.41, 5.74) is 1.74. The highest BCUT2D eigenvalue weighted by Crippen LogP contribution is 2.42. The molecule has 1 aliphatic heterocycles. The van der Waals surface area contributed by atoms with Crippen molar-refractivity contribution in [2.45, 2.75) is 12.6 Å². The highest BCUT2D eigenvalue weighted by molar-refractivity contribution is 6.46. The second kappa shape index (κ2) is 8.93. The molecule has 1 unspecified atom stereocenters. The molecule has 0 saturated carbocycles. The van der Waals surface area contributed by atoms with E-state index in [1.165, 1.54) is 12.0 Å². The fourth-order valence-corrected chi connectivity index (χ4v) is 3.94. The number of carbonyl (C=O) groups excluding carboxylic acids is 2. The van der Waals surface area contributed by atoms with Gasteiger partial charge < -0.3 is 19.5 Å². The topological polar surface area (TPSA) is 89.0 Å². The predicted octanol–water partition coefficient (Wildman–Crippen LogP) is 3.72. The quantitative estimate of drug-likeness (QED) is 0.364. The lowest BCUT2D eigenvalue weighted by molar-refractivity contribution is -0.140. The number of pyridine rings is 1. The number of hydrogen-bond acceptors (Lipinski definition) is 6. The number of methoxy groups -OCH3 is 2. The molecular formula is C25H22N2O5. The number of amides is 1. The van der Waals surface area contributed by atoms with E-state index in [1.807, 2.05) is 18.2 Å². The number of carbonyl (C=O) groups is 2. The van der Waals surface area contributed by atoms with Crippen LogP contribution in [0.3, 0.4) is 0 Å². The molecule has 2 aromatic carbocycles. The van der Waals surface area contributed by atoms with Crippen molar-refractivity contribution in [1.82, 2.24) is 9.88 Å². The molecule has 7 nitrogen and oxygen atoms in total. The summed E-state index contributed by atoms with van der Waals surface area (Å²) < 4.78 is 10.8. The van der Waals surface area contributed by atoms with Gasteiger partial charge in [-0.3, -0.25) is 14.6 Å². The molecule has 1 atom stereocenters. The number of hydrogen-bond donors (Lipinski definition) is 1. The lowest BCUT2D eigenvalue weighted by Crippen LogP contribution is -2.29. The first-order valence-corrected chi connectivity index (χ1v) is 10.0. The van der Waals surface area contributed by atoms with Crippen molar-refractivity contribution in [2.75, 3.05) is 14.2 Å². The number of aromatic nitrogens is 1. The second-order valence-corrected chi connectivity index (χ2v) is 7.22. The van der Waals surface area contributed by atoms with Crippen LogP contribution in [0.15, 0.2) is 78.6 Å². The summed E-state index contributed by atoms with van der Waals surface area (Å²) in [7, 11) is 3.03. The summed E-state index contributed by atoms with van der Waals surface area (Å²) in [6.45, 7) is 0.129. The summed E-state index contributed by atoms with van der Waals surface area (Å²) in [6, 6.07) is 16.8. The van der Waals surface area contributed by atoms with Crippen molar-refractivity contribution in [3.63, 3.8) is 0 Å². The molecule has 1 amide bonds. The first-order valence-electron chi connectivity index (χ1n) is 10.0. The molecule has 0 spiro atoms. The molecule has 32 heavy (non-hydrogen) atoms. The Morgan fingerprint density at radius 2 is 1.56 bits per heavy atom. The maximum atomic E-state index is 13.2. The second-order valence-electron chi connectivity index (χ2n) is 7.22. The summed E-state index contributed by atoms with van der Waals surface area (Å²) in [6.07, 6.45) is 3.17. The van der Waals surface area contributed by atoms with E-state index in [0.717, 1.165) is 5.56 Å². The molecule has 0 bridgehead atoms. The molecule has 0 aliphatic carbocycles. The maximum absolute atomic E-state index is 13.2. The Hall–Kier alpha value is -4.13. The summed E-state index contributed by atoms with van der Waals surface area (Å²) in [5, 5.41) is 11.2. The van der Waals surface area contributed by atoms with Crippen LogP contribution in [0.1, 0.15) is 22.7 Å². The molecule has 4 rings (SSSR count). The van der Waals surface area contributed by atoms with Gasteiger partial charge in [-0.05, 0) is 35.9 Å². The standard InChI is InChI=1S/C25H22N2O5/c1-31-19-9-5-3-7-17(19)15-27-22(16-11-13-26-14-12-16)21(24(29)25(27)30)23(28)18-8-4-6-10-20(18)32-2/h3-14,22,28H,15H2,1-2H3/b23-21-. The summed E-state index contributed by atoms with van der Waals surface area (Å²) in [4.78, 5) is 31.8. The first kappa shape index (κ1) is 21.1. The molecule has 1 aromatic heterocycles. The number of aliphatic hydroxyl groups is 1. The number of ether oxygens (including phenoxy) is 2. The molecule has 3 aromatic rings. The minimum Gasteiger partial charge on any atom is -0.507 e. The number of para-hydroxylation sites is 2. The zero-order valence-corrected chi connectivity index (χ0v) is 17.7. The number of likely N-dealkylation sites (tertiary alicyclic amines) is 1. The first-order chi connectivity index (χ1) is 15.6. The lowest BCUT2D eigenvalue weighted by atomic mass is 9.95. The van der Waals surface area contributed by atoms with Gasteiger partial charge in [0.15, 0.2) is 0 Å². The fraction of sp³-hybridized carbons (Fsp3) is 0.160. The monoisotopic (exact) mass is 430 g/mol. The largest absolute Gasteiger partial charge is 0.507 e. The molecule has 1 aliphatic rings. The van der Waals surface area contributed by atoms with Crippen LogP contribution in [0.25, 0.3) is 5.76 Å². The Morgan fingerprint density at radius 3 is 2.25 bits per heavy atom. The fourth-order valence-electron chi connectivity index (χ4n) is 3.94. The van der Waals surface area contributed by atoms with E-state index in [0.29, 0.717) is 22.6 Å². The van der Waals surface area contributed by atoms with Crippen molar-refractivity contribution >= 4 is 17.4 Å². The van der Waals surface area contributed by atoms with Crippen LogP contribution < -0.4 is 9.47 Å². The van der Waals surface area contributed by atoms with E-state index in [9.17, 15) is 14.7 Å². The van der Waals surface area contributed by atoms with Gasteiger partial charge in [-0.15, -0.1) is 0 Å². The minimum absolute atomic E-state index is 0.000554. The Bertz CT molecular complexity index is 1190. The van der Waals surface area contributed by atoms with E-state index in [2.05, 4.69) is 4.98 Å². The van der Waals surface area contributed by atoms with Gasteiger partial charge in [-0.1, -0.05) is 30.3 Å². The zero-order valence-electron chi connectivity index (χ0n) is 17.7. The van der Waals surface area contributed by atoms with Crippen molar-refractivity contribution in [2.24, 2.45) is 0 Å². The average Bonchev–Trinajstić information content (AvgIpc) is 3.09. The zero-order chi connectivity index (χ0) is 22.7. The smallest absolute Gasteiger partial charge is 0.295 e. The van der Waals surface area contributed by atoms with E-state index < -0.39 is 17.7 Å². The van der Waals surface area contributed by atoms with Gasteiger partial charge in [0.1, 0.15) is 17.3 Å².